The van der Waals surface area contributed by atoms with Gasteiger partial charge in [0.15, 0.2) is 0 Å². The van der Waals surface area contributed by atoms with E-state index in [1.807, 2.05) is 0 Å². The van der Waals surface area contributed by atoms with Crippen LogP contribution in [0.2, 0.25) is 0 Å². The van der Waals surface area contributed by atoms with Gasteiger partial charge in [-0.15, -0.1) is 0 Å². The van der Waals surface area contributed by atoms with Crippen LogP contribution in [0.1, 0.15) is 37.3 Å². The van der Waals surface area contributed by atoms with Crippen molar-refractivity contribution in [1.82, 2.24) is 0 Å². The third-order valence-electron chi connectivity index (χ3n) is 3.07. The number of hydrogen-bond acceptors (Lipinski definition) is 2. The fourth-order valence-electron chi connectivity index (χ4n) is 1.63. The second kappa shape index (κ2) is 5.69. The van der Waals surface area contributed by atoms with Crippen molar-refractivity contribution in [2.45, 2.75) is 39.2 Å². The van der Waals surface area contributed by atoms with Crippen LogP contribution in [-0.4, -0.2) is 6.21 Å². The minimum atomic E-state index is 0.544. The molecule has 0 spiro atoms. The van der Waals surface area contributed by atoms with Gasteiger partial charge in [-0.2, -0.15) is 0 Å². The van der Waals surface area contributed by atoms with E-state index in [4.69, 9.17) is 4.84 Å². The summed E-state index contributed by atoms with van der Waals surface area (Å²) >= 11 is 0. The number of aryl methyl sites for hydroxylation is 1. The molecule has 0 bridgehead atoms. The quantitative estimate of drug-likeness (QED) is 0.546. The molecule has 0 aliphatic heterocycles. The molecule has 16 heavy (non-hydrogen) atoms. The molecule has 0 heterocycles. The van der Waals surface area contributed by atoms with Crippen LogP contribution < -0.4 is 0 Å². The molecular formula is C14H18NO. The Hall–Kier alpha value is -1.31. The van der Waals surface area contributed by atoms with Crippen molar-refractivity contribution in [1.29, 1.82) is 0 Å². The van der Waals surface area contributed by atoms with E-state index in [2.05, 4.69) is 42.6 Å². The summed E-state index contributed by atoms with van der Waals surface area (Å²) in [6.45, 7) is 2.70. The summed E-state index contributed by atoms with van der Waals surface area (Å²) in [5.41, 5.74) is 2.52. The Morgan fingerprint density at radius 3 is 2.50 bits per heavy atom. The Morgan fingerprint density at radius 2 is 1.94 bits per heavy atom. The minimum absolute atomic E-state index is 0.544. The van der Waals surface area contributed by atoms with E-state index in [0.717, 1.165) is 12.0 Å². The fourth-order valence-corrected chi connectivity index (χ4v) is 1.63. The average molecular weight is 216 g/mol. The zero-order valence-electron chi connectivity index (χ0n) is 9.78. The molecule has 0 unspecified atom stereocenters. The van der Waals surface area contributed by atoms with E-state index in [1.54, 1.807) is 0 Å². The SMILES string of the molecule is CCc1ccc(CON=[C]C2CCC2)cc1. The summed E-state index contributed by atoms with van der Waals surface area (Å²) < 4.78 is 0. The lowest BCUT2D eigenvalue weighted by Gasteiger charge is -2.18. The maximum absolute atomic E-state index is 5.21. The van der Waals surface area contributed by atoms with E-state index in [-0.39, 0.29) is 0 Å². The highest BCUT2D eigenvalue weighted by atomic mass is 16.6. The van der Waals surface area contributed by atoms with Crippen molar-refractivity contribution >= 4 is 6.21 Å². The number of benzene rings is 1. The molecule has 1 aliphatic rings. The van der Waals surface area contributed by atoms with Gasteiger partial charge in [0.2, 0.25) is 0 Å². The maximum Gasteiger partial charge on any atom is 0.142 e. The van der Waals surface area contributed by atoms with Crippen molar-refractivity contribution in [2.24, 2.45) is 11.1 Å². The number of rotatable bonds is 5. The lowest BCUT2D eigenvalue weighted by molar-refractivity contribution is 0.129. The maximum atomic E-state index is 5.21. The van der Waals surface area contributed by atoms with Crippen LogP contribution in [0.15, 0.2) is 29.4 Å². The average Bonchev–Trinajstić information content (AvgIpc) is 2.27. The highest BCUT2D eigenvalue weighted by molar-refractivity contribution is 5.60. The zero-order chi connectivity index (χ0) is 11.2. The number of hydrogen-bond donors (Lipinski definition) is 0. The fraction of sp³-hybridized carbons (Fsp3) is 0.500. The van der Waals surface area contributed by atoms with Gasteiger partial charge < -0.3 is 4.84 Å². The first-order valence-corrected chi connectivity index (χ1v) is 6.04. The van der Waals surface area contributed by atoms with Gasteiger partial charge in [0.1, 0.15) is 12.8 Å². The predicted octanol–water partition coefficient (Wildman–Crippen LogP) is 3.43. The summed E-state index contributed by atoms with van der Waals surface area (Å²) in [5.74, 6) is 0.544. The van der Waals surface area contributed by atoms with E-state index < -0.39 is 0 Å². The molecule has 1 radical (unpaired) electrons. The largest absolute Gasteiger partial charge is 0.391 e. The molecule has 1 aromatic rings. The van der Waals surface area contributed by atoms with Crippen molar-refractivity contribution < 1.29 is 4.84 Å². The van der Waals surface area contributed by atoms with E-state index in [1.165, 1.54) is 24.8 Å². The summed E-state index contributed by atoms with van der Waals surface area (Å²) in [6.07, 6.45) is 7.84. The molecule has 1 aromatic carbocycles. The van der Waals surface area contributed by atoms with E-state index in [0.29, 0.717) is 12.5 Å². The smallest absolute Gasteiger partial charge is 0.142 e. The first-order chi connectivity index (χ1) is 7.88. The second-order valence-electron chi connectivity index (χ2n) is 4.29. The first kappa shape index (κ1) is 11.2. The Labute approximate surface area is 97.3 Å². The molecule has 2 nitrogen and oxygen atoms in total. The Bertz CT molecular complexity index is 338. The molecule has 2 rings (SSSR count). The molecule has 0 atom stereocenters. The highest BCUT2D eigenvalue weighted by Gasteiger charge is 2.15. The first-order valence-electron chi connectivity index (χ1n) is 6.04. The molecule has 0 N–H and O–H groups in total. The van der Waals surface area contributed by atoms with Crippen LogP contribution in [-0.2, 0) is 17.9 Å². The molecule has 0 aromatic heterocycles. The van der Waals surface area contributed by atoms with Crippen LogP contribution in [0.5, 0.6) is 0 Å². The third-order valence-corrected chi connectivity index (χ3v) is 3.07. The van der Waals surface area contributed by atoms with Crippen molar-refractivity contribution in [3.05, 3.63) is 35.4 Å². The molecule has 1 aliphatic carbocycles. The second-order valence-corrected chi connectivity index (χ2v) is 4.29. The summed E-state index contributed by atoms with van der Waals surface area (Å²) in [7, 11) is 0. The summed E-state index contributed by atoms with van der Waals surface area (Å²) in [6, 6.07) is 8.46. The monoisotopic (exact) mass is 216 g/mol. The topological polar surface area (TPSA) is 21.6 Å². The van der Waals surface area contributed by atoms with Gasteiger partial charge in [-0.3, -0.25) is 0 Å². The molecule has 1 fully saturated rings. The van der Waals surface area contributed by atoms with Crippen LogP contribution in [0.3, 0.4) is 0 Å². The van der Waals surface area contributed by atoms with Gasteiger partial charge in [0.05, 0.1) is 0 Å². The van der Waals surface area contributed by atoms with Gasteiger partial charge in [0.25, 0.3) is 0 Å². The van der Waals surface area contributed by atoms with Crippen LogP contribution >= 0.6 is 0 Å². The van der Waals surface area contributed by atoms with Gasteiger partial charge >= 0.3 is 0 Å². The lowest BCUT2D eigenvalue weighted by atomic mass is 9.87. The minimum Gasteiger partial charge on any atom is -0.391 e. The van der Waals surface area contributed by atoms with Gasteiger partial charge in [-0.05, 0) is 30.4 Å². The molecule has 85 valence electrons. The standard InChI is InChI=1S/C14H18NO/c1-2-12-6-8-14(9-7-12)11-16-15-10-13-4-3-5-13/h6-9,13H,2-5,11H2,1H3. The van der Waals surface area contributed by atoms with E-state index in [9.17, 15) is 0 Å². The Morgan fingerprint density at radius 1 is 1.25 bits per heavy atom. The van der Waals surface area contributed by atoms with Crippen LogP contribution in [0.25, 0.3) is 0 Å². The van der Waals surface area contributed by atoms with Gasteiger partial charge in [-0.1, -0.05) is 42.8 Å². The van der Waals surface area contributed by atoms with Gasteiger partial charge in [0, 0.05) is 5.92 Å². The lowest BCUT2D eigenvalue weighted by Crippen LogP contribution is -2.11. The Kier molecular flexibility index (Phi) is 3.97. The highest BCUT2D eigenvalue weighted by Crippen LogP contribution is 2.24. The number of nitrogens with zero attached hydrogens (tertiary/aromatic N) is 1. The van der Waals surface area contributed by atoms with Crippen LogP contribution in [0.4, 0.5) is 0 Å². The molecular weight excluding hydrogens is 198 g/mol. The third kappa shape index (κ3) is 3.09. The van der Waals surface area contributed by atoms with E-state index >= 15 is 0 Å². The van der Waals surface area contributed by atoms with Crippen LogP contribution in [0, 0.1) is 5.92 Å². The van der Waals surface area contributed by atoms with Crippen molar-refractivity contribution in [2.75, 3.05) is 0 Å². The summed E-state index contributed by atoms with van der Waals surface area (Å²) in [4.78, 5) is 5.21. The molecule has 0 amide bonds. The van der Waals surface area contributed by atoms with Gasteiger partial charge in [-0.25, -0.2) is 0 Å². The molecule has 1 saturated carbocycles. The molecule has 0 saturated heterocycles. The zero-order valence-corrected chi connectivity index (χ0v) is 9.78. The molecule has 2 heteroatoms. The Balaban J connectivity index is 1.73. The van der Waals surface area contributed by atoms with Crippen molar-refractivity contribution in [3.63, 3.8) is 0 Å². The predicted molar refractivity (Wildman–Crippen MR) is 65.4 cm³/mol. The van der Waals surface area contributed by atoms with Crippen molar-refractivity contribution in [3.8, 4) is 0 Å². The summed E-state index contributed by atoms with van der Waals surface area (Å²) in [5, 5.41) is 3.88. The normalized spacial score (nSPS) is 16.3.